The Bertz CT molecular complexity index is 700. The van der Waals surface area contributed by atoms with E-state index in [1.807, 2.05) is 0 Å². The third-order valence-corrected chi connectivity index (χ3v) is 10.6. The summed E-state index contributed by atoms with van der Waals surface area (Å²) in [5.41, 5.74) is 0.459. The minimum atomic E-state index is -0.104. The summed E-state index contributed by atoms with van der Waals surface area (Å²) in [5, 5.41) is 0. The first-order valence-electron chi connectivity index (χ1n) is 12.8. The Kier molecular flexibility index (Phi) is 5.31. The van der Waals surface area contributed by atoms with Crippen LogP contribution in [0.15, 0.2) is 0 Å². The molecule has 168 valence electrons. The molecule has 1 heterocycles. The van der Waals surface area contributed by atoms with Gasteiger partial charge in [-0.05, 0) is 93.5 Å². The normalized spacial score (nSPS) is 49.1. The second kappa shape index (κ2) is 7.60. The van der Waals surface area contributed by atoms with Crippen molar-refractivity contribution in [1.29, 1.82) is 0 Å². The molecule has 5 rings (SSSR count). The van der Waals surface area contributed by atoms with Crippen molar-refractivity contribution in [1.82, 2.24) is 4.90 Å². The molecule has 0 spiro atoms. The molecule has 0 N–H and O–H groups in total. The molecular formula is C26H41NO3. The molecule has 5 aliphatic rings. The first-order chi connectivity index (χ1) is 14.3. The van der Waals surface area contributed by atoms with Crippen LogP contribution in [0.1, 0.15) is 91.4 Å². The molecule has 0 aromatic rings. The smallest absolute Gasteiger partial charge is 0.302 e. The Morgan fingerprint density at radius 1 is 1.00 bits per heavy atom. The van der Waals surface area contributed by atoms with Gasteiger partial charge in [-0.15, -0.1) is 0 Å². The molecule has 0 aromatic carbocycles. The van der Waals surface area contributed by atoms with Crippen molar-refractivity contribution < 1.29 is 14.3 Å². The molecule has 0 radical (unpaired) electrons. The molecule has 4 nitrogen and oxygen atoms in total. The van der Waals surface area contributed by atoms with E-state index in [-0.39, 0.29) is 17.5 Å². The van der Waals surface area contributed by atoms with E-state index in [2.05, 4.69) is 18.7 Å². The van der Waals surface area contributed by atoms with Gasteiger partial charge in [0.2, 0.25) is 0 Å². The van der Waals surface area contributed by atoms with Crippen molar-refractivity contribution in [3.05, 3.63) is 0 Å². The number of fused-ring (bicyclic) bond motifs is 5. The average Bonchev–Trinajstić information content (AvgIpc) is 3.01. The lowest BCUT2D eigenvalue weighted by atomic mass is 9.45. The third-order valence-electron chi connectivity index (χ3n) is 10.6. The van der Waals surface area contributed by atoms with Gasteiger partial charge in [0.25, 0.3) is 0 Å². The second-order valence-electron chi connectivity index (χ2n) is 11.9. The number of nitrogens with zero attached hydrogens (tertiary/aromatic N) is 1. The summed E-state index contributed by atoms with van der Waals surface area (Å²) in [6, 6.07) is 0.404. The number of rotatable bonds is 2. The highest BCUT2D eigenvalue weighted by Gasteiger charge is 2.64. The molecule has 4 aliphatic carbocycles. The van der Waals surface area contributed by atoms with Crippen molar-refractivity contribution in [2.24, 2.45) is 34.5 Å². The monoisotopic (exact) mass is 415 g/mol. The SMILES string of the molecule is CC(=O)O[C@H]1[C@@H](N2CCCCC2)C[C@H]2[C@@H]3CC[C@H]4CC(=O)CC[C@]4(C)[C@H]3CC[C@@]21C. The van der Waals surface area contributed by atoms with Crippen molar-refractivity contribution in [3.8, 4) is 0 Å². The molecule has 1 saturated heterocycles. The number of hydrogen-bond donors (Lipinski definition) is 0. The molecule has 1 aliphatic heterocycles. The van der Waals surface area contributed by atoms with Crippen LogP contribution in [0, 0.1) is 34.5 Å². The predicted octanol–water partition coefficient (Wildman–Crippen LogP) is 4.99. The van der Waals surface area contributed by atoms with Gasteiger partial charge in [0, 0.05) is 31.2 Å². The van der Waals surface area contributed by atoms with Gasteiger partial charge >= 0.3 is 5.97 Å². The number of carbonyl (C=O) groups is 2. The fraction of sp³-hybridized carbons (Fsp3) is 0.923. The van der Waals surface area contributed by atoms with Crippen LogP contribution in [0.5, 0.6) is 0 Å². The Morgan fingerprint density at radius 3 is 2.50 bits per heavy atom. The number of ketones is 1. The summed E-state index contributed by atoms with van der Waals surface area (Å²) < 4.78 is 6.15. The maximum Gasteiger partial charge on any atom is 0.302 e. The fourth-order valence-electron chi connectivity index (χ4n) is 9.00. The number of ether oxygens (including phenoxy) is 1. The van der Waals surface area contributed by atoms with Crippen molar-refractivity contribution >= 4 is 11.8 Å². The molecule has 0 amide bonds. The van der Waals surface area contributed by atoms with E-state index in [0.717, 1.165) is 31.1 Å². The predicted molar refractivity (Wildman–Crippen MR) is 117 cm³/mol. The van der Waals surface area contributed by atoms with E-state index >= 15 is 0 Å². The topological polar surface area (TPSA) is 46.6 Å². The average molecular weight is 416 g/mol. The Labute approximate surface area is 182 Å². The molecule has 30 heavy (non-hydrogen) atoms. The highest BCUT2D eigenvalue weighted by Crippen LogP contribution is 2.66. The third kappa shape index (κ3) is 3.19. The van der Waals surface area contributed by atoms with E-state index in [1.165, 1.54) is 64.5 Å². The van der Waals surface area contributed by atoms with Crippen LogP contribution in [0.2, 0.25) is 0 Å². The van der Waals surface area contributed by atoms with Gasteiger partial charge < -0.3 is 4.74 Å². The van der Waals surface area contributed by atoms with Crippen LogP contribution < -0.4 is 0 Å². The Hall–Kier alpha value is -0.900. The van der Waals surface area contributed by atoms with Crippen LogP contribution in [0.4, 0.5) is 0 Å². The maximum atomic E-state index is 12.2. The van der Waals surface area contributed by atoms with E-state index in [0.29, 0.717) is 29.1 Å². The molecule has 0 unspecified atom stereocenters. The molecule has 5 fully saturated rings. The molecule has 0 bridgehead atoms. The number of Topliss-reactive ketones (excluding diaryl/α,β-unsaturated/α-hetero) is 1. The minimum Gasteiger partial charge on any atom is -0.460 e. The van der Waals surface area contributed by atoms with Gasteiger partial charge in [0.05, 0.1) is 0 Å². The minimum absolute atomic E-state index is 0.0533. The Morgan fingerprint density at radius 2 is 1.77 bits per heavy atom. The summed E-state index contributed by atoms with van der Waals surface area (Å²) in [5.74, 6) is 3.15. The van der Waals surface area contributed by atoms with E-state index in [4.69, 9.17) is 4.74 Å². The number of carbonyl (C=O) groups excluding carboxylic acids is 2. The maximum absolute atomic E-state index is 12.2. The van der Waals surface area contributed by atoms with Gasteiger partial charge in [-0.25, -0.2) is 0 Å². The van der Waals surface area contributed by atoms with E-state index in [1.54, 1.807) is 6.92 Å². The van der Waals surface area contributed by atoms with Gasteiger partial charge in [-0.1, -0.05) is 20.3 Å². The Balaban J connectivity index is 1.44. The lowest BCUT2D eigenvalue weighted by Crippen LogP contribution is -2.55. The summed E-state index contributed by atoms with van der Waals surface area (Å²) in [4.78, 5) is 27.0. The van der Waals surface area contributed by atoms with Crippen LogP contribution in [0.3, 0.4) is 0 Å². The molecule has 4 heteroatoms. The molecule has 8 atom stereocenters. The number of piperidine rings is 1. The standard InChI is InChI=1S/C26H41NO3/c1-17(28)30-24-23(27-13-5-4-6-14-27)16-22-20-8-7-18-15-19(29)9-11-25(18,2)21(20)10-12-26(22,24)3/h18,20-24H,4-16H2,1-3H3/t18-,20+,21-,22-,23-,24-,25-,26-/m0/s1. The highest BCUT2D eigenvalue weighted by atomic mass is 16.5. The highest BCUT2D eigenvalue weighted by molar-refractivity contribution is 5.79. The summed E-state index contributed by atoms with van der Waals surface area (Å²) in [6.07, 6.45) is 12.8. The largest absolute Gasteiger partial charge is 0.460 e. The second-order valence-corrected chi connectivity index (χ2v) is 11.9. The van der Waals surface area contributed by atoms with Crippen molar-refractivity contribution in [2.45, 2.75) is 104 Å². The zero-order chi connectivity index (χ0) is 21.1. The number of esters is 1. The molecule has 0 aromatic heterocycles. The van der Waals surface area contributed by atoms with Crippen LogP contribution >= 0.6 is 0 Å². The fourth-order valence-corrected chi connectivity index (χ4v) is 9.00. The van der Waals surface area contributed by atoms with Crippen molar-refractivity contribution in [3.63, 3.8) is 0 Å². The van der Waals surface area contributed by atoms with Crippen LogP contribution in [-0.4, -0.2) is 41.9 Å². The quantitative estimate of drug-likeness (QED) is 0.596. The first kappa shape index (κ1) is 21.0. The van der Waals surface area contributed by atoms with Gasteiger partial charge in [0.1, 0.15) is 11.9 Å². The molecular weight excluding hydrogens is 374 g/mol. The number of likely N-dealkylation sites (tertiary alicyclic amines) is 1. The van der Waals surface area contributed by atoms with E-state index in [9.17, 15) is 9.59 Å². The van der Waals surface area contributed by atoms with Crippen LogP contribution in [-0.2, 0) is 14.3 Å². The summed E-state index contributed by atoms with van der Waals surface area (Å²) in [7, 11) is 0. The summed E-state index contributed by atoms with van der Waals surface area (Å²) in [6.45, 7) is 8.90. The van der Waals surface area contributed by atoms with Crippen LogP contribution in [0.25, 0.3) is 0 Å². The van der Waals surface area contributed by atoms with Gasteiger partial charge in [-0.2, -0.15) is 0 Å². The zero-order valence-corrected chi connectivity index (χ0v) is 19.3. The summed E-state index contributed by atoms with van der Waals surface area (Å²) >= 11 is 0. The van der Waals surface area contributed by atoms with Gasteiger partial charge in [0.15, 0.2) is 0 Å². The molecule has 4 saturated carbocycles. The van der Waals surface area contributed by atoms with E-state index < -0.39 is 0 Å². The lowest BCUT2D eigenvalue weighted by Gasteiger charge is -2.60. The van der Waals surface area contributed by atoms with Gasteiger partial charge in [-0.3, -0.25) is 14.5 Å². The first-order valence-corrected chi connectivity index (χ1v) is 12.8. The van der Waals surface area contributed by atoms with Crippen molar-refractivity contribution in [2.75, 3.05) is 13.1 Å². The zero-order valence-electron chi connectivity index (χ0n) is 19.3. The number of hydrogen-bond acceptors (Lipinski definition) is 4. The lowest BCUT2D eigenvalue weighted by molar-refractivity contribution is -0.165.